The number of hydrogen-bond donors (Lipinski definition) is 2. The highest BCUT2D eigenvalue weighted by molar-refractivity contribution is 6.30. The number of halogens is 1. The third-order valence-electron chi connectivity index (χ3n) is 4.63. The van der Waals surface area contributed by atoms with Crippen LogP contribution in [0.5, 0.6) is 0 Å². The minimum Gasteiger partial charge on any atom is -0.478 e. The van der Waals surface area contributed by atoms with Gasteiger partial charge >= 0.3 is 5.97 Å². The Labute approximate surface area is 163 Å². The Morgan fingerprint density at radius 1 is 1.33 bits per heavy atom. The van der Waals surface area contributed by atoms with Crippen molar-refractivity contribution in [2.45, 2.75) is 25.8 Å². The van der Waals surface area contributed by atoms with Crippen LogP contribution >= 0.6 is 11.6 Å². The zero-order chi connectivity index (χ0) is 19.2. The average Bonchev–Trinajstić information content (AvgIpc) is 3.10. The van der Waals surface area contributed by atoms with E-state index >= 15 is 0 Å². The molecule has 7 heteroatoms. The van der Waals surface area contributed by atoms with Gasteiger partial charge in [0.25, 0.3) is 0 Å². The van der Waals surface area contributed by atoms with E-state index in [0.717, 1.165) is 37.5 Å². The van der Waals surface area contributed by atoms with E-state index in [4.69, 9.17) is 16.7 Å². The minimum atomic E-state index is -0.955. The molecule has 2 N–H and O–H groups in total. The molecular weight excluding hydrogens is 364 g/mol. The molecule has 1 aromatic carbocycles. The van der Waals surface area contributed by atoms with Gasteiger partial charge in [-0.3, -0.25) is 4.98 Å². The van der Waals surface area contributed by atoms with E-state index in [0.29, 0.717) is 17.6 Å². The summed E-state index contributed by atoms with van der Waals surface area (Å²) in [6.45, 7) is 4.57. The van der Waals surface area contributed by atoms with Crippen LogP contribution in [0.15, 0.2) is 42.2 Å². The van der Waals surface area contributed by atoms with E-state index in [-0.39, 0.29) is 5.57 Å². The largest absolute Gasteiger partial charge is 0.478 e. The Kier molecular flexibility index (Phi) is 6.42. The highest BCUT2D eigenvalue weighted by Gasteiger charge is 2.22. The molecule has 1 aromatic heterocycles. The van der Waals surface area contributed by atoms with Crippen LogP contribution < -0.4 is 5.32 Å². The van der Waals surface area contributed by atoms with Gasteiger partial charge in [0.2, 0.25) is 0 Å². The number of anilines is 1. The number of carboxylic acids is 1. The molecule has 3 rings (SSSR count). The summed E-state index contributed by atoms with van der Waals surface area (Å²) in [4.78, 5) is 21.9. The molecule has 0 radical (unpaired) electrons. The standard InChI is InChI=1S/C20H23ClN4O2/c1-14(20(26)27)10-18-11-23-19(12-22-18)24-17-7-9-25(13-17)8-6-15-2-4-16(21)5-3-15/h2-5,10-12,17H,6-9,13H2,1H3,(H,23,24)(H,26,27)/b14-10+/t17-/m1/s1. The molecule has 1 atom stereocenters. The second-order valence-corrected chi connectivity index (χ2v) is 7.20. The summed E-state index contributed by atoms with van der Waals surface area (Å²) in [6, 6.07) is 8.35. The summed E-state index contributed by atoms with van der Waals surface area (Å²) < 4.78 is 0. The normalized spacial score (nSPS) is 17.9. The molecule has 2 heterocycles. The number of carbonyl (C=O) groups is 1. The number of nitrogens with one attached hydrogen (secondary N) is 1. The van der Waals surface area contributed by atoms with Crippen molar-refractivity contribution >= 4 is 29.5 Å². The molecule has 27 heavy (non-hydrogen) atoms. The van der Waals surface area contributed by atoms with Gasteiger partial charge in [0.15, 0.2) is 0 Å². The molecular formula is C20H23ClN4O2. The van der Waals surface area contributed by atoms with E-state index in [1.807, 2.05) is 12.1 Å². The van der Waals surface area contributed by atoms with Gasteiger partial charge in [-0.2, -0.15) is 0 Å². The van der Waals surface area contributed by atoms with E-state index in [1.165, 1.54) is 18.6 Å². The zero-order valence-corrected chi connectivity index (χ0v) is 16.0. The van der Waals surface area contributed by atoms with Crippen molar-refractivity contribution in [3.05, 3.63) is 58.5 Å². The van der Waals surface area contributed by atoms with Crippen molar-refractivity contribution in [2.75, 3.05) is 25.0 Å². The molecule has 2 aromatic rings. The van der Waals surface area contributed by atoms with Crippen LogP contribution in [0.3, 0.4) is 0 Å². The molecule has 142 valence electrons. The predicted octanol–water partition coefficient (Wildman–Crippen LogP) is 3.35. The van der Waals surface area contributed by atoms with Crippen molar-refractivity contribution in [3.8, 4) is 0 Å². The first kappa shape index (κ1) is 19.3. The van der Waals surface area contributed by atoms with Gasteiger partial charge in [-0.05, 0) is 43.5 Å². The first-order chi connectivity index (χ1) is 13.0. The van der Waals surface area contributed by atoms with Gasteiger partial charge in [-0.25, -0.2) is 9.78 Å². The summed E-state index contributed by atoms with van der Waals surface area (Å²) in [7, 11) is 0. The molecule has 0 aliphatic carbocycles. The highest BCUT2D eigenvalue weighted by Crippen LogP contribution is 2.16. The molecule has 0 bridgehead atoms. The number of hydrogen-bond acceptors (Lipinski definition) is 5. The van der Waals surface area contributed by atoms with Gasteiger partial charge in [0.1, 0.15) is 5.82 Å². The molecule has 0 spiro atoms. The number of carboxylic acid groups (broad SMARTS) is 1. The number of likely N-dealkylation sites (tertiary alicyclic amines) is 1. The van der Waals surface area contributed by atoms with E-state index < -0.39 is 5.97 Å². The Morgan fingerprint density at radius 3 is 2.78 bits per heavy atom. The van der Waals surface area contributed by atoms with Crippen LogP contribution in [0.4, 0.5) is 5.82 Å². The maximum atomic E-state index is 10.9. The Balaban J connectivity index is 1.47. The third-order valence-corrected chi connectivity index (χ3v) is 4.88. The summed E-state index contributed by atoms with van der Waals surface area (Å²) in [6.07, 6.45) is 6.81. The van der Waals surface area contributed by atoms with Gasteiger partial charge < -0.3 is 15.3 Å². The van der Waals surface area contributed by atoms with Crippen LogP contribution in [-0.4, -0.2) is 51.6 Å². The summed E-state index contributed by atoms with van der Waals surface area (Å²) in [5.74, 6) is -0.242. The van der Waals surface area contributed by atoms with Crippen molar-refractivity contribution < 1.29 is 9.90 Å². The van der Waals surface area contributed by atoms with Gasteiger partial charge in [-0.15, -0.1) is 0 Å². The van der Waals surface area contributed by atoms with Crippen molar-refractivity contribution in [2.24, 2.45) is 0 Å². The molecule has 1 saturated heterocycles. The van der Waals surface area contributed by atoms with Gasteiger partial charge in [0, 0.05) is 36.3 Å². The quantitative estimate of drug-likeness (QED) is 0.710. The lowest BCUT2D eigenvalue weighted by Gasteiger charge is -2.17. The van der Waals surface area contributed by atoms with E-state index in [1.54, 1.807) is 12.4 Å². The SMILES string of the molecule is C/C(=C\c1cnc(N[C@@H]2CCN(CCc3ccc(Cl)cc3)C2)cn1)C(=O)O. The second-order valence-electron chi connectivity index (χ2n) is 6.77. The number of aromatic nitrogens is 2. The lowest BCUT2D eigenvalue weighted by Crippen LogP contribution is -2.28. The number of nitrogens with zero attached hydrogens (tertiary/aromatic N) is 3. The summed E-state index contributed by atoms with van der Waals surface area (Å²) in [5.41, 5.74) is 2.07. The molecule has 0 unspecified atom stereocenters. The number of aliphatic carboxylic acids is 1. The van der Waals surface area contributed by atoms with Crippen LogP contribution in [-0.2, 0) is 11.2 Å². The monoisotopic (exact) mass is 386 g/mol. The molecule has 1 fully saturated rings. The van der Waals surface area contributed by atoms with Gasteiger partial charge in [-0.1, -0.05) is 23.7 Å². The summed E-state index contributed by atoms with van der Waals surface area (Å²) >= 11 is 5.92. The topological polar surface area (TPSA) is 78.4 Å². The summed E-state index contributed by atoms with van der Waals surface area (Å²) in [5, 5.41) is 13.1. The molecule has 0 amide bonds. The van der Waals surface area contributed by atoms with Gasteiger partial charge in [0.05, 0.1) is 18.1 Å². The third kappa shape index (κ3) is 5.77. The highest BCUT2D eigenvalue weighted by atomic mass is 35.5. The minimum absolute atomic E-state index is 0.233. The maximum Gasteiger partial charge on any atom is 0.331 e. The van der Waals surface area contributed by atoms with Crippen molar-refractivity contribution in [3.63, 3.8) is 0 Å². The Bertz CT molecular complexity index is 806. The van der Waals surface area contributed by atoms with Crippen LogP contribution in [0.1, 0.15) is 24.6 Å². The average molecular weight is 387 g/mol. The van der Waals surface area contributed by atoms with E-state index in [2.05, 4.69) is 32.3 Å². The fraction of sp³-hybridized carbons (Fsp3) is 0.350. The van der Waals surface area contributed by atoms with Crippen LogP contribution in [0, 0.1) is 0 Å². The van der Waals surface area contributed by atoms with Crippen LogP contribution in [0.25, 0.3) is 6.08 Å². The smallest absolute Gasteiger partial charge is 0.331 e. The molecule has 1 aliphatic heterocycles. The lowest BCUT2D eigenvalue weighted by molar-refractivity contribution is -0.132. The van der Waals surface area contributed by atoms with E-state index in [9.17, 15) is 4.79 Å². The predicted molar refractivity (Wildman–Crippen MR) is 107 cm³/mol. The Morgan fingerprint density at radius 2 is 2.11 bits per heavy atom. The number of benzene rings is 1. The van der Waals surface area contributed by atoms with Crippen molar-refractivity contribution in [1.29, 1.82) is 0 Å². The number of rotatable bonds is 7. The maximum absolute atomic E-state index is 10.9. The fourth-order valence-corrected chi connectivity index (χ4v) is 3.20. The first-order valence-corrected chi connectivity index (χ1v) is 9.34. The zero-order valence-electron chi connectivity index (χ0n) is 15.2. The Hall–Kier alpha value is -2.44. The molecule has 1 aliphatic rings. The second kappa shape index (κ2) is 8.97. The molecule has 0 saturated carbocycles. The lowest BCUT2D eigenvalue weighted by atomic mass is 10.1. The molecule has 6 nitrogen and oxygen atoms in total. The first-order valence-electron chi connectivity index (χ1n) is 8.96. The van der Waals surface area contributed by atoms with Crippen LogP contribution in [0.2, 0.25) is 5.02 Å². The fourth-order valence-electron chi connectivity index (χ4n) is 3.07. The van der Waals surface area contributed by atoms with Crippen molar-refractivity contribution in [1.82, 2.24) is 14.9 Å².